The molecule has 3 aromatic rings. The first-order valence-electron chi connectivity index (χ1n) is 8.00. The van der Waals surface area contributed by atoms with E-state index in [1.165, 1.54) is 0 Å². The van der Waals surface area contributed by atoms with Crippen LogP contribution >= 0.6 is 0 Å². The second-order valence-electron chi connectivity index (χ2n) is 5.79. The topological polar surface area (TPSA) is 100 Å². The standard InChI is InChI=1S/C20H16N2O4/c23-16(11-15-12-21-18(20(25)26)22-19(15)24)17(13-7-3-1-4-8-13)14-9-5-2-6-10-14/h1-10,12,17H,11H2,(H,25,26)(H,21,22,24). The average molecular weight is 348 g/mol. The number of ketones is 1. The van der Waals surface area contributed by atoms with Crippen LogP contribution in [0.2, 0.25) is 0 Å². The maximum Gasteiger partial charge on any atom is 0.372 e. The molecule has 130 valence electrons. The maximum absolute atomic E-state index is 13.0. The van der Waals surface area contributed by atoms with E-state index >= 15 is 0 Å². The number of aromatic carboxylic acids is 1. The molecule has 0 radical (unpaired) electrons. The number of hydrogen-bond acceptors (Lipinski definition) is 4. The quantitative estimate of drug-likeness (QED) is 0.712. The molecule has 0 saturated heterocycles. The molecule has 0 atom stereocenters. The third kappa shape index (κ3) is 3.75. The molecule has 0 amide bonds. The number of carboxylic acid groups (broad SMARTS) is 1. The van der Waals surface area contributed by atoms with Crippen LogP contribution in [-0.2, 0) is 11.2 Å². The highest BCUT2D eigenvalue weighted by Gasteiger charge is 2.23. The van der Waals surface area contributed by atoms with Crippen LogP contribution in [0.25, 0.3) is 0 Å². The highest BCUT2D eigenvalue weighted by Crippen LogP contribution is 2.26. The van der Waals surface area contributed by atoms with Crippen LogP contribution in [0.3, 0.4) is 0 Å². The van der Waals surface area contributed by atoms with E-state index in [0.717, 1.165) is 17.3 Å². The summed E-state index contributed by atoms with van der Waals surface area (Å²) in [6.07, 6.45) is 1.00. The Morgan fingerprint density at radius 1 is 0.962 bits per heavy atom. The smallest absolute Gasteiger partial charge is 0.372 e. The number of carbonyl (C=O) groups is 2. The first kappa shape index (κ1) is 17.3. The molecule has 1 heterocycles. The Balaban J connectivity index is 1.94. The second-order valence-corrected chi connectivity index (χ2v) is 5.79. The third-order valence-electron chi connectivity index (χ3n) is 4.03. The Morgan fingerprint density at radius 2 is 1.50 bits per heavy atom. The molecule has 0 aliphatic heterocycles. The SMILES string of the molecule is O=C(O)c1ncc(CC(=O)C(c2ccccc2)c2ccccc2)c(=O)[nH]1. The van der Waals surface area contributed by atoms with Crippen LogP contribution in [0.5, 0.6) is 0 Å². The Morgan fingerprint density at radius 3 is 1.96 bits per heavy atom. The maximum atomic E-state index is 13.0. The number of aromatic nitrogens is 2. The number of carbonyl (C=O) groups excluding carboxylic acids is 1. The summed E-state index contributed by atoms with van der Waals surface area (Å²) in [5, 5.41) is 8.87. The minimum absolute atomic E-state index is 0.136. The summed E-state index contributed by atoms with van der Waals surface area (Å²) in [7, 11) is 0. The molecule has 1 aromatic heterocycles. The van der Waals surface area contributed by atoms with E-state index in [0.29, 0.717) is 0 Å². The molecule has 2 aromatic carbocycles. The molecule has 0 fully saturated rings. The van der Waals surface area contributed by atoms with Crippen molar-refractivity contribution in [3.05, 3.63) is 99.7 Å². The van der Waals surface area contributed by atoms with Gasteiger partial charge in [-0.1, -0.05) is 60.7 Å². The van der Waals surface area contributed by atoms with Crippen LogP contribution in [0, 0.1) is 0 Å². The number of nitrogens with one attached hydrogen (secondary N) is 1. The van der Waals surface area contributed by atoms with Crippen LogP contribution in [0.15, 0.2) is 71.7 Å². The fourth-order valence-corrected chi connectivity index (χ4v) is 2.80. The van der Waals surface area contributed by atoms with E-state index in [1.54, 1.807) is 0 Å². The van der Waals surface area contributed by atoms with Crippen molar-refractivity contribution in [2.24, 2.45) is 0 Å². The molecule has 0 aliphatic rings. The molecule has 6 nitrogen and oxygen atoms in total. The van der Waals surface area contributed by atoms with Crippen LogP contribution in [-0.4, -0.2) is 26.8 Å². The van der Waals surface area contributed by atoms with Crippen molar-refractivity contribution < 1.29 is 14.7 Å². The van der Waals surface area contributed by atoms with Crippen molar-refractivity contribution in [1.29, 1.82) is 0 Å². The predicted octanol–water partition coefficient (Wildman–Crippen LogP) is 2.41. The van der Waals surface area contributed by atoms with Gasteiger partial charge in [0, 0.05) is 18.2 Å². The molecule has 3 rings (SSSR count). The number of rotatable bonds is 6. The van der Waals surface area contributed by atoms with Gasteiger partial charge < -0.3 is 10.1 Å². The van der Waals surface area contributed by atoms with E-state index < -0.39 is 23.3 Å². The summed E-state index contributed by atoms with van der Waals surface area (Å²) in [6.45, 7) is 0. The number of nitrogens with zero attached hydrogens (tertiary/aromatic N) is 1. The summed E-state index contributed by atoms with van der Waals surface area (Å²) in [6, 6.07) is 18.6. The molecule has 0 bridgehead atoms. The number of H-pyrrole nitrogens is 1. The zero-order valence-corrected chi connectivity index (χ0v) is 13.8. The summed E-state index contributed by atoms with van der Waals surface area (Å²) in [4.78, 5) is 41.8. The van der Waals surface area contributed by atoms with Crippen molar-refractivity contribution >= 4 is 11.8 Å². The molecule has 6 heteroatoms. The predicted molar refractivity (Wildman–Crippen MR) is 95.3 cm³/mol. The van der Waals surface area contributed by atoms with Gasteiger partial charge in [-0.25, -0.2) is 9.78 Å². The Kier molecular flexibility index (Phi) is 5.03. The number of carboxylic acids is 1. The van der Waals surface area contributed by atoms with Crippen molar-refractivity contribution in [3.8, 4) is 0 Å². The lowest BCUT2D eigenvalue weighted by Crippen LogP contribution is -2.24. The molecule has 0 aliphatic carbocycles. The molecule has 0 unspecified atom stereocenters. The van der Waals surface area contributed by atoms with Crippen LogP contribution < -0.4 is 5.56 Å². The van der Waals surface area contributed by atoms with Gasteiger partial charge in [-0.2, -0.15) is 0 Å². The molecule has 0 spiro atoms. The number of Topliss-reactive ketones (excluding diaryl/α,β-unsaturated/α-hetero) is 1. The summed E-state index contributed by atoms with van der Waals surface area (Å²) < 4.78 is 0. The Bertz CT molecular complexity index is 942. The number of hydrogen-bond donors (Lipinski definition) is 2. The summed E-state index contributed by atoms with van der Waals surface area (Å²) >= 11 is 0. The zero-order valence-electron chi connectivity index (χ0n) is 13.8. The Hall–Kier alpha value is -3.54. The second kappa shape index (κ2) is 7.57. The van der Waals surface area contributed by atoms with E-state index in [1.807, 2.05) is 60.7 Å². The molecule has 26 heavy (non-hydrogen) atoms. The first-order valence-corrected chi connectivity index (χ1v) is 8.00. The van der Waals surface area contributed by atoms with Crippen LogP contribution in [0.1, 0.15) is 33.2 Å². The first-order chi connectivity index (χ1) is 12.6. The van der Waals surface area contributed by atoms with Crippen molar-refractivity contribution in [2.45, 2.75) is 12.3 Å². The van der Waals surface area contributed by atoms with Gasteiger partial charge >= 0.3 is 5.97 Å². The van der Waals surface area contributed by atoms with Gasteiger partial charge in [0.15, 0.2) is 0 Å². The number of aromatic amines is 1. The fourth-order valence-electron chi connectivity index (χ4n) is 2.80. The lowest BCUT2D eigenvalue weighted by molar-refractivity contribution is -0.119. The van der Waals surface area contributed by atoms with Gasteiger partial charge in [-0.15, -0.1) is 0 Å². The number of benzene rings is 2. The van der Waals surface area contributed by atoms with Crippen molar-refractivity contribution in [1.82, 2.24) is 9.97 Å². The molecule has 0 saturated carbocycles. The lowest BCUT2D eigenvalue weighted by Gasteiger charge is -2.17. The van der Waals surface area contributed by atoms with Gasteiger partial charge in [-0.05, 0) is 11.1 Å². The highest BCUT2D eigenvalue weighted by atomic mass is 16.4. The monoisotopic (exact) mass is 348 g/mol. The minimum Gasteiger partial charge on any atom is -0.475 e. The third-order valence-corrected chi connectivity index (χ3v) is 4.03. The molecular weight excluding hydrogens is 332 g/mol. The van der Waals surface area contributed by atoms with E-state index in [4.69, 9.17) is 5.11 Å². The molecule has 2 N–H and O–H groups in total. The lowest BCUT2D eigenvalue weighted by atomic mass is 9.85. The zero-order chi connectivity index (χ0) is 18.5. The van der Waals surface area contributed by atoms with Crippen molar-refractivity contribution in [3.63, 3.8) is 0 Å². The van der Waals surface area contributed by atoms with Crippen LogP contribution in [0.4, 0.5) is 0 Å². The normalized spacial score (nSPS) is 10.7. The molecular formula is C20H16N2O4. The largest absolute Gasteiger partial charge is 0.475 e. The highest BCUT2D eigenvalue weighted by molar-refractivity contribution is 5.90. The Labute approximate surface area is 149 Å². The summed E-state index contributed by atoms with van der Waals surface area (Å²) in [5.74, 6) is -2.46. The van der Waals surface area contributed by atoms with E-state index in [2.05, 4.69) is 9.97 Å². The fraction of sp³-hybridized carbons (Fsp3) is 0.100. The van der Waals surface area contributed by atoms with Gasteiger partial charge in [0.05, 0.1) is 5.92 Å². The minimum atomic E-state index is -1.33. The van der Waals surface area contributed by atoms with Gasteiger partial charge in [0.25, 0.3) is 5.56 Å². The van der Waals surface area contributed by atoms with E-state index in [9.17, 15) is 14.4 Å². The van der Waals surface area contributed by atoms with E-state index in [-0.39, 0.29) is 17.8 Å². The van der Waals surface area contributed by atoms with Gasteiger partial charge in [0.2, 0.25) is 5.82 Å². The summed E-state index contributed by atoms with van der Waals surface area (Å²) in [5.41, 5.74) is 1.17. The van der Waals surface area contributed by atoms with Gasteiger partial charge in [0.1, 0.15) is 5.78 Å². The average Bonchev–Trinajstić information content (AvgIpc) is 2.65. The van der Waals surface area contributed by atoms with Gasteiger partial charge in [-0.3, -0.25) is 9.59 Å². The van der Waals surface area contributed by atoms with Crippen molar-refractivity contribution in [2.75, 3.05) is 0 Å².